The lowest BCUT2D eigenvalue weighted by molar-refractivity contribution is 0.159. The average molecular weight is 333 g/mol. The lowest BCUT2D eigenvalue weighted by atomic mass is 10.0. The Morgan fingerprint density at radius 1 is 0.917 bits per heavy atom. The molecule has 0 atom stereocenters. The Morgan fingerprint density at radius 3 is 2.46 bits per heavy atom. The maximum absolute atomic E-state index is 13.7. The first-order valence-corrected chi connectivity index (χ1v) is 7.24. The SMILES string of the molecule is ONCc1c(OCc2cc(F)c(F)cc2F)ccc2ccccc12. The summed E-state index contributed by atoms with van der Waals surface area (Å²) in [6.07, 6.45) is 0. The van der Waals surface area contributed by atoms with Gasteiger partial charge in [0, 0.05) is 17.2 Å². The highest BCUT2D eigenvalue weighted by Crippen LogP contribution is 2.29. The summed E-state index contributed by atoms with van der Waals surface area (Å²) in [7, 11) is 0. The molecule has 0 saturated heterocycles. The molecule has 0 aliphatic carbocycles. The van der Waals surface area contributed by atoms with Gasteiger partial charge in [-0.05, 0) is 22.9 Å². The van der Waals surface area contributed by atoms with E-state index in [1.165, 1.54) is 0 Å². The molecule has 0 fully saturated rings. The lowest BCUT2D eigenvalue weighted by Gasteiger charge is -2.14. The van der Waals surface area contributed by atoms with Crippen molar-refractivity contribution in [1.29, 1.82) is 0 Å². The van der Waals surface area contributed by atoms with Gasteiger partial charge in [-0.2, -0.15) is 0 Å². The highest BCUT2D eigenvalue weighted by molar-refractivity contribution is 5.87. The number of rotatable bonds is 5. The normalized spacial score (nSPS) is 11.0. The summed E-state index contributed by atoms with van der Waals surface area (Å²) in [5.41, 5.74) is 2.67. The van der Waals surface area contributed by atoms with E-state index in [1.807, 2.05) is 30.3 Å². The zero-order chi connectivity index (χ0) is 17.1. The predicted octanol–water partition coefficient (Wildman–Crippen LogP) is 4.31. The zero-order valence-corrected chi connectivity index (χ0v) is 12.5. The van der Waals surface area contributed by atoms with Crippen molar-refractivity contribution in [3.05, 3.63) is 77.1 Å². The minimum absolute atomic E-state index is 0.0926. The third-order valence-corrected chi connectivity index (χ3v) is 3.73. The van der Waals surface area contributed by atoms with Crippen LogP contribution in [0.3, 0.4) is 0 Å². The van der Waals surface area contributed by atoms with E-state index in [-0.39, 0.29) is 18.7 Å². The Hall–Kier alpha value is -2.57. The summed E-state index contributed by atoms with van der Waals surface area (Å²) in [6.45, 7) is -0.142. The number of fused-ring (bicyclic) bond motifs is 1. The summed E-state index contributed by atoms with van der Waals surface area (Å²) in [4.78, 5) is 0. The van der Waals surface area contributed by atoms with Crippen molar-refractivity contribution < 1.29 is 23.1 Å². The quantitative estimate of drug-likeness (QED) is 0.540. The number of halogens is 3. The fourth-order valence-corrected chi connectivity index (χ4v) is 2.54. The highest BCUT2D eigenvalue weighted by Gasteiger charge is 2.13. The average Bonchev–Trinajstić information content (AvgIpc) is 2.58. The fraction of sp³-hybridized carbons (Fsp3) is 0.111. The van der Waals surface area contributed by atoms with Crippen LogP contribution >= 0.6 is 0 Å². The molecule has 0 unspecified atom stereocenters. The second-order valence-electron chi connectivity index (χ2n) is 5.24. The minimum atomic E-state index is -1.24. The first-order valence-electron chi connectivity index (χ1n) is 7.24. The lowest BCUT2D eigenvalue weighted by Crippen LogP contribution is -2.09. The molecule has 2 N–H and O–H groups in total. The molecule has 24 heavy (non-hydrogen) atoms. The Bertz CT molecular complexity index is 884. The molecule has 0 amide bonds. The number of hydroxylamine groups is 1. The number of benzene rings is 3. The Balaban J connectivity index is 1.93. The smallest absolute Gasteiger partial charge is 0.161 e. The molecule has 0 bridgehead atoms. The van der Waals surface area contributed by atoms with E-state index in [9.17, 15) is 13.2 Å². The third-order valence-electron chi connectivity index (χ3n) is 3.73. The van der Waals surface area contributed by atoms with E-state index in [2.05, 4.69) is 5.48 Å². The molecular formula is C18H14F3NO2. The standard InChI is InChI=1S/C18H14F3NO2/c19-15-8-17(21)16(20)7-12(15)10-24-18-6-5-11-3-1-2-4-13(11)14(18)9-22-23/h1-8,22-23H,9-10H2. The molecule has 3 aromatic carbocycles. The summed E-state index contributed by atoms with van der Waals surface area (Å²) in [5, 5.41) is 10.9. The molecule has 0 aliphatic rings. The minimum Gasteiger partial charge on any atom is -0.488 e. The van der Waals surface area contributed by atoms with Crippen LogP contribution in [-0.2, 0) is 13.2 Å². The van der Waals surface area contributed by atoms with Gasteiger partial charge in [0.15, 0.2) is 11.6 Å². The van der Waals surface area contributed by atoms with E-state index in [0.717, 1.165) is 16.8 Å². The maximum Gasteiger partial charge on any atom is 0.161 e. The van der Waals surface area contributed by atoms with Gasteiger partial charge in [-0.1, -0.05) is 30.3 Å². The summed E-state index contributed by atoms with van der Waals surface area (Å²) in [5.74, 6) is -2.84. The van der Waals surface area contributed by atoms with E-state index in [1.54, 1.807) is 6.07 Å². The maximum atomic E-state index is 13.7. The highest BCUT2D eigenvalue weighted by atomic mass is 19.2. The van der Waals surface area contributed by atoms with Crippen molar-refractivity contribution in [2.45, 2.75) is 13.2 Å². The van der Waals surface area contributed by atoms with Crippen LogP contribution in [0.1, 0.15) is 11.1 Å². The van der Waals surface area contributed by atoms with Crippen molar-refractivity contribution in [3.63, 3.8) is 0 Å². The van der Waals surface area contributed by atoms with Gasteiger partial charge in [-0.15, -0.1) is 0 Å². The van der Waals surface area contributed by atoms with Crippen LogP contribution in [-0.4, -0.2) is 5.21 Å². The van der Waals surface area contributed by atoms with E-state index in [4.69, 9.17) is 9.94 Å². The van der Waals surface area contributed by atoms with E-state index < -0.39 is 17.5 Å². The molecule has 0 aromatic heterocycles. The molecule has 6 heteroatoms. The third kappa shape index (κ3) is 3.20. The van der Waals surface area contributed by atoms with Gasteiger partial charge in [-0.25, -0.2) is 18.7 Å². The fourth-order valence-electron chi connectivity index (χ4n) is 2.54. The molecule has 0 aliphatic heterocycles. The van der Waals surface area contributed by atoms with Crippen molar-refractivity contribution in [3.8, 4) is 5.75 Å². The molecular weight excluding hydrogens is 319 g/mol. The van der Waals surface area contributed by atoms with Crippen molar-refractivity contribution in [2.75, 3.05) is 0 Å². The van der Waals surface area contributed by atoms with Gasteiger partial charge in [-0.3, -0.25) is 0 Å². The number of hydrogen-bond donors (Lipinski definition) is 2. The van der Waals surface area contributed by atoms with E-state index >= 15 is 0 Å². The first kappa shape index (κ1) is 16.3. The van der Waals surface area contributed by atoms with Crippen LogP contribution in [0.4, 0.5) is 13.2 Å². The topological polar surface area (TPSA) is 41.5 Å². The molecule has 3 nitrogen and oxygen atoms in total. The second kappa shape index (κ2) is 6.90. The molecule has 0 heterocycles. The van der Waals surface area contributed by atoms with Gasteiger partial charge in [0.2, 0.25) is 0 Å². The van der Waals surface area contributed by atoms with Crippen LogP contribution in [0.25, 0.3) is 10.8 Å². The Labute approximate surface area is 136 Å². The zero-order valence-electron chi connectivity index (χ0n) is 12.5. The summed E-state index contributed by atoms with van der Waals surface area (Å²) >= 11 is 0. The number of nitrogens with one attached hydrogen (secondary N) is 1. The van der Waals surface area contributed by atoms with Crippen LogP contribution in [0.5, 0.6) is 5.75 Å². The summed E-state index contributed by atoms with van der Waals surface area (Å²) < 4.78 is 45.5. The van der Waals surface area contributed by atoms with Gasteiger partial charge in [0.25, 0.3) is 0 Å². The molecule has 0 spiro atoms. The molecule has 3 aromatic rings. The Kier molecular flexibility index (Phi) is 4.69. The van der Waals surface area contributed by atoms with Gasteiger partial charge < -0.3 is 9.94 Å². The van der Waals surface area contributed by atoms with Crippen molar-refractivity contribution in [2.24, 2.45) is 0 Å². The van der Waals surface area contributed by atoms with E-state index in [0.29, 0.717) is 17.4 Å². The second-order valence-corrected chi connectivity index (χ2v) is 5.24. The van der Waals surface area contributed by atoms with Crippen LogP contribution in [0, 0.1) is 17.5 Å². The first-order chi connectivity index (χ1) is 11.6. The van der Waals surface area contributed by atoms with Crippen molar-refractivity contribution >= 4 is 10.8 Å². The van der Waals surface area contributed by atoms with Gasteiger partial charge in [0.1, 0.15) is 18.2 Å². The van der Waals surface area contributed by atoms with Gasteiger partial charge in [0.05, 0.1) is 6.54 Å². The van der Waals surface area contributed by atoms with Gasteiger partial charge >= 0.3 is 0 Å². The molecule has 3 rings (SSSR count). The largest absolute Gasteiger partial charge is 0.488 e. The van der Waals surface area contributed by atoms with Crippen LogP contribution in [0.2, 0.25) is 0 Å². The molecule has 124 valence electrons. The monoisotopic (exact) mass is 333 g/mol. The number of ether oxygens (including phenoxy) is 1. The predicted molar refractivity (Wildman–Crippen MR) is 83.2 cm³/mol. The Morgan fingerprint density at radius 2 is 1.67 bits per heavy atom. The van der Waals surface area contributed by atoms with Crippen molar-refractivity contribution in [1.82, 2.24) is 5.48 Å². The summed E-state index contributed by atoms with van der Waals surface area (Å²) in [6, 6.07) is 12.3. The molecule has 0 saturated carbocycles. The number of hydrogen-bond acceptors (Lipinski definition) is 3. The van der Waals surface area contributed by atoms with Crippen LogP contribution < -0.4 is 10.2 Å². The molecule has 0 radical (unpaired) electrons. The van der Waals surface area contributed by atoms with Crippen LogP contribution in [0.15, 0.2) is 48.5 Å².